The maximum atomic E-state index is 4.38. The molecule has 1 fully saturated rings. The summed E-state index contributed by atoms with van der Waals surface area (Å²) in [7, 11) is 0. The van der Waals surface area contributed by atoms with E-state index < -0.39 is 0 Å². The van der Waals surface area contributed by atoms with E-state index in [1.54, 1.807) is 0 Å². The molecule has 0 aromatic rings. The van der Waals surface area contributed by atoms with E-state index in [2.05, 4.69) is 29.4 Å². The third-order valence-corrected chi connectivity index (χ3v) is 2.47. The van der Waals surface area contributed by atoms with Gasteiger partial charge in [0.05, 0.1) is 0 Å². The Morgan fingerprint density at radius 1 is 1.70 bits per heavy atom. The molecule has 1 rings (SSSR count). The van der Waals surface area contributed by atoms with Crippen LogP contribution < -0.4 is 5.32 Å². The van der Waals surface area contributed by atoms with E-state index in [9.17, 15) is 0 Å². The van der Waals surface area contributed by atoms with Crippen LogP contribution in [0.2, 0.25) is 0 Å². The van der Waals surface area contributed by atoms with Crippen LogP contribution in [0.25, 0.3) is 0 Å². The van der Waals surface area contributed by atoms with E-state index in [-0.39, 0.29) is 0 Å². The van der Waals surface area contributed by atoms with Crippen molar-refractivity contribution in [3.63, 3.8) is 0 Å². The zero-order chi connectivity index (χ0) is 7.40. The van der Waals surface area contributed by atoms with Crippen LogP contribution in [0, 0.1) is 0 Å². The molecular weight excluding hydrogens is 144 g/mol. The van der Waals surface area contributed by atoms with Crippen LogP contribution in [-0.4, -0.2) is 30.0 Å². The monoisotopic (exact) mass is 160 g/mol. The van der Waals surface area contributed by atoms with E-state index in [0.717, 1.165) is 19.6 Å². The summed E-state index contributed by atoms with van der Waals surface area (Å²) in [5.41, 5.74) is 0. The lowest BCUT2D eigenvalue weighted by atomic mass is 10.1. The molecule has 1 atom stereocenters. The molecule has 0 bridgehead atoms. The first-order valence-corrected chi connectivity index (χ1v) is 4.41. The highest BCUT2D eigenvalue weighted by Gasteiger charge is 2.17. The number of piperazine rings is 1. The van der Waals surface area contributed by atoms with Gasteiger partial charge in [-0.15, -0.1) is 0 Å². The van der Waals surface area contributed by atoms with Crippen molar-refractivity contribution in [1.82, 2.24) is 9.62 Å². The number of nitrogens with one attached hydrogen (secondary N) is 1. The quantitative estimate of drug-likeness (QED) is 0.584. The van der Waals surface area contributed by atoms with Gasteiger partial charge >= 0.3 is 0 Å². The normalized spacial score (nSPS) is 28.8. The molecule has 0 saturated carbocycles. The molecule has 1 unspecified atom stereocenters. The third kappa shape index (κ3) is 2.15. The fourth-order valence-electron chi connectivity index (χ4n) is 1.33. The fourth-order valence-corrected chi connectivity index (χ4v) is 1.63. The molecule has 0 aromatic carbocycles. The van der Waals surface area contributed by atoms with Gasteiger partial charge in [-0.3, -0.25) is 0 Å². The second kappa shape index (κ2) is 4.21. The van der Waals surface area contributed by atoms with E-state index in [1.165, 1.54) is 12.8 Å². The van der Waals surface area contributed by atoms with Gasteiger partial charge in [0.25, 0.3) is 0 Å². The van der Waals surface area contributed by atoms with Crippen LogP contribution in [0.4, 0.5) is 0 Å². The summed E-state index contributed by atoms with van der Waals surface area (Å²) in [6.45, 7) is 5.49. The van der Waals surface area contributed by atoms with Crippen LogP contribution in [0.3, 0.4) is 0 Å². The second-order valence-electron chi connectivity index (χ2n) is 2.81. The first-order chi connectivity index (χ1) is 4.84. The predicted octanol–water partition coefficient (Wildman–Crippen LogP) is 0.905. The van der Waals surface area contributed by atoms with Crippen LogP contribution >= 0.6 is 12.8 Å². The van der Waals surface area contributed by atoms with Crippen molar-refractivity contribution < 1.29 is 0 Å². The van der Waals surface area contributed by atoms with E-state index >= 15 is 0 Å². The van der Waals surface area contributed by atoms with Gasteiger partial charge in [-0.05, 0) is 6.42 Å². The molecule has 1 aliphatic heterocycles. The maximum Gasteiger partial charge on any atom is 0.0325 e. The maximum absolute atomic E-state index is 4.38. The standard InChI is InChI=1S/C7H16N2S/c1-2-3-7-6-8-4-5-9(7)10/h7-8,10H,2-6H2,1H3. The zero-order valence-corrected chi connectivity index (χ0v) is 7.40. The first kappa shape index (κ1) is 8.37. The van der Waals surface area contributed by atoms with E-state index in [4.69, 9.17) is 0 Å². The number of nitrogens with zero attached hydrogens (tertiary/aromatic N) is 1. The first-order valence-electron chi connectivity index (χ1n) is 4.01. The van der Waals surface area contributed by atoms with E-state index in [1.807, 2.05) is 0 Å². The zero-order valence-electron chi connectivity index (χ0n) is 6.51. The van der Waals surface area contributed by atoms with Crippen LogP contribution in [0.5, 0.6) is 0 Å². The van der Waals surface area contributed by atoms with Gasteiger partial charge in [0.1, 0.15) is 0 Å². The molecule has 1 heterocycles. The van der Waals surface area contributed by atoms with Crippen LogP contribution in [-0.2, 0) is 0 Å². The second-order valence-corrected chi connectivity index (χ2v) is 3.32. The van der Waals surface area contributed by atoms with Crippen molar-refractivity contribution in [3.8, 4) is 0 Å². The Bertz CT molecular complexity index is 95.6. The average Bonchev–Trinajstić information content (AvgIpc) is 1.94. The molecule has 0 spiro atoms. The molecule has 1 aliphatic rings. The minimum absolute atomic E-state index is 0.655. The predicted molar refractivity (Wildman–Crippen MR) is 47.3 cm³/mol. The minimum Gasteiger partial charge on any atom is -0.314 e. The summed E-state index contributed by atoms with van der Waals surface area (Å²) < 4.78 is 2.15. The molecule has 1 N–H and O–H groups in total. The van der Waals surface area contributed by atoms with Crippen molar-refractivity contribution in [2.75, 3.05) is 19.6 Å². The van der Waals surface area contributed by atoms with Gasteiger partial charge in [0, 0.05) is 25.7 Å². The van der Waals surface area contributed by atoms with Gasteiger partial charge in [-0.2, -0.15) is 0 Å². The average molecular weight is 160 g/mol. The highest BCUT2D eigenvalue weighted by molar-refractivity contribution is 7.77. The Morgan fingerprint density at radius 2 is 2.50 bits per heavy atom. The lowest BCUT2D eigenvalue weighted by Gasteiger charge is -2.31. The highest BCUT2D eigenvalue weighted by atomic mass is 32.1. The number of rotatable bonds is 2. The topological polar surface area (TPSA) is 15.3 Å². The lowest BCUT2D eigenvalue weighted by molar-refractivity contribution is 0.279. The van der Waals surface area contributed by atoms with Crippen molar-refractivity contribution in [1.29, 1.82) is 0 Å². The fraction of sp³-hybridized carbons (Fsp3) is 1.00. The molecule has 3 heteroatoms. The smallest absolute Gasteiger partial charge is 0.0325 e. The number of thiol groups is 1. The molecule has 0 aromatic heterocycles. The van der Waals surface area contributed by atoms with Crippen molar-refractivity contribution >= 4 is 12.8 Å². The molecule has 60 valence electrons. The largest absolute Gasteiger partial charge is 0.314 e. The highest BCUT2D eigenvalue weighted by Crippen LogP contribution is 2.10. The van der Waals surface area contributed by atoms with Crippen LogP contribution in [0.1, 0.15) is 19.8 Å². The van der Waals surface area contributed by atoms with Gasteiger partial charge < -0.3 is 5.32 Å². The summed E-state index contributed by atoms with van der Waals surface area (Å²) in [5.74, 6) is 0. The molecule has 0 radical (unpaired) electrons. The minimum atomic E-state index is 0.655. The Labute approximate surface area is 68.5 Å². The van der Waals surface area contributed by atoms with E-state index in [0.29, 0.717) is 6.04 Å². The van der Waals surface area contributed by atoms with Gasteiger partial charge in [-0.1, -0.05) is 26.2 Å². The molecule has 1 saturated heterocycles. The molecule has 0 amide bonds. The Morgan fingerprint density at radius 3 is 3.10 bits per heavy atom. The number of hydrogen-bond donors (Lipinski definition) is 2. The summed E-state index contributed by atoms with van der Waals surface area (Å²) >= 11 is 4.38. The summed E-state index contributed by atoms with van der Waals surface area (Å²) in [6.07, 6.45) is 2.51. The molecule has 10 heavy (non-hydrogen) atoms. The summed E-state index contributed by atoms with van der Waals surface area (Å²) in [4.78, 5) is 0. The third-order valence-electron chi connectivity index (χ3n) is 1.94. The summed E-state index contributed by atoms with van der Waals surface area (Å²) in [5, 5.41) is 3.36. The van der Waals surface area contributed by atoms with Crippen molar-refractivity contribution in [2.24, 2.45) is 0 Å². The van der Waals surface area contributed by atoms with Crippen molar-refractivity contribution in [3.05, 3.63) is 0 Å². The Hall–Kier alpha value is 0.270. The van der Waals surface area contributed by atoms with Gasteiger partial charge in [-0.25, -0.2) is 4.31 Å². The molecular formula is C7H16N2S. The SMILES string of the molecule is CCCC1CNCCN1S. The summed E-state index contributed by atoms with van der Waals surface area (Å²) in [6, 6.07) is 0.655. The molecule has 0 aliphatic carbocycles. The molecule has 2 nitrogen and oxygen atoms in total. The Balaban J connectivity index is 2.25. The lowest BCUT2D eigenvalue weighted by Crippen LogP contribution is -2.46. The Kier molecular flexibility index (Phi) is 3.52. The van der Waals surface area contributed by atoms with Crippen LogP contribution in [0.15, 0.2) is 0 Å². The van der Waals surface area contributed by atoms with Gasteiger partial charge in [0.15, 0.2) is 0 Å². The number of hydrogen-bond acceptors (Lipinski definition) is 3. The van der Waals surface area contributed by atoms with Gasteiger partial charge in [0.2, 0.25) is 0 Å². The van der Waals surface area contributed by atoms with Crippen molar-refractivity contribution in [2.45, 2.75) is 25.8 Å².